The van der Waals surface area contributed by atoms with E-state index in [1.165, 1.54) is 6.07 Å². The van der Waals surface area contributed by atoms with Crippen molar-refractivity contribution in [3.8, 4) is 22.5 Å². The summed E-state index contributed by atoms with van der Waals surface area (Å²) in [5, 5.41) is 14.9. The molecule has 1 aromatic heterocycles. The van der Waals surface area contributed by atoms with Crippen LogP contribution in [-0.4, -0.2) is 32.7 Å². The predicted octanol–water partition coefficient (Wildman–Crippen LogP) is 5.98. The highest BCUT2D eigenvalue weighted by molar-refractivity contribution is 7.99. The third-order valence-electron chi connectivity index (χ3n) is 5.63. The molecule has 0 unspecified atom stereocenters. The molecule has 1 N–H and O–H groups in total. The standard InChI is InChI=1S/C27H26N4O3S/c1-3-30-25(21-12-8-5-9-13-21)24(20-10-6-4-7-11-20)29-27(30)35-17-16-28-26(32)22-15-14-19(2)23(18-22)31(33)34/h4-15,18H,3,16-17H2,1-2H3,(H,28,32). The molecule has 178 valence electrons. The maximum absolute atomic E-state index is 12.5. The molecule has 0 atom stereocenters. The third-order valence-corrected chi connectivity index (χ3v) is 6.61. The zero-order valence-electron chi connectivity index (χ0n) is 19.6. The first-order chi connectivity index (χ1) is 17.0. The molecule has 0 saturated carbocycles. The molecule has 1 heterocycles. The minimum Gasteiger partial charge on any atom is -0.351 e. The number of benzene rings is 3. The Morgan fingerprint density at radius 3 is 2.31 bits per heavy atom. The zero-order valence-corrected chi connectivity index (χ0v) is 20.4. The molecule has 4 rings (SSSR count). The third kappa shape index (κ3) is 5.44. The number of nitrogens with zero attached hydrogens (tertiary/aromatic N) is 3. The Bertz CT molecular complexity index is 1340. The van der Waals surface area contributed by atoms with Crippen molar-refractivity contribution in [2.24, 2.45) is 0 Å². The van der Waals surface area contributed by atoms with Crippen LogP contribution >= 0.6 is 11.8 Å². The lowest BCUT2D eigenvalue weighted by atomic mass is 10.0. The number of hydrogen-bond donors (Lipinski definition) is 1. The SMILES string of the molecule is CCn1c(SCCNC(=O)c2ccc(C)c([N+](=O)[O-])c2)nc(-c2ccccc2)c1-c1ccccc1. The van der Waals surface area contributed by atoms with Gasteiger partial charge in [-0.25, -0.2) is 4.98 Å². The van der Waals surface area contributed by atoms with E-state index in [9.17, 15) is 14.9 Å². The summed E-state index contributed by atoms with van der Waals surface area (Å²) in [7, 11) is 0. The van der Waals surface area contributed by atoms with Crippen molar-refractivity contribution in [2.75, 3.05) is 12.3 Å². The Morgan fingerprint density at radius 2 is 1.69 bits per heavy atom. The van der Waals surface area contributed by atoms with Crippen LogP contribution in [-0.2, 0) is 6.54 Å². The Balaban J connectivity index is 1.51. The quantitative estimate of drug-likeness (QED) is 0.136. The van der Waals surface area contributed by atoms with Crippen LogP contribution in [0.5, 0.6) is 0 Å². The van der Waals surface area contributed by atoms with Crippen molar-refractivity contribution in [3.63, 3.8) is 0 Å². The molecule has 3 aromatic carbocycles. The summed E-state index contributed by atoms with van der Waals surface area (Å²) in [4.78, 5) is 28.2. The first-order valence-electron chi connectivity index (χ1n) is 11.4. The first kappa shape index (κ1) is 24.2. The molecule has 0 fully saturated rings. The van der Waals surface area contributed by atoms with Gasteiger partial charge in [0.15, 0.2) is 5.16 Å². The molecular formula is C27H26N4O3S. The fourth-order valence-corrected chi connectivity index (χ4v) is 4.80. The monoisotopic (exact) mass is 486 g/mol. The van der Waals surface area contributed by atoms with Gasteiger partial charge in [-0.1, -0.05) is 78.5 Å². The van der Waals surface area contributed by atoms with Crippen LogP contribution in [0.3, 0.4) is 0 Å². The second-order valence-electron chi connectivity index (χ2n) is 7.93. The zero-order chi connectivity index (χ0) is 24.8. The van der Waals surface area contributed by atoms with Gasteiger partial charge in [-0.05, 0) is 19.9 Å². The highest BCUT2D eigenvalue weighted by Crippen LogP contribution is 2.35. The average Bonchev–Trinajstić information content (AvgIpc) is 3.26. The van der Waals surface area contributed by atoms with Gasteiger partial charge in [0.25, 0.3) is 11.6 Å². The van der Waals surface area contributed by atoms with Gasteiger partial charge >= 0.3 is 0 Å². The van der Waals surface area contributed by atoms with Crippen molar-refractivity contribution < 1.29 is 9.72 Å². The van der Waals surface area contributed by atoms with Crippen LogP contribution < -0.4 is 5.32 Å². The Hall–Kier alpha value is -3.91. The van der Waals surface area contributed by atoms with Gasteiger partial charge in [0.1, 0.15) is 0 Å². The lowest BCUT2D eigenvalue weighted by Crippen LogP contribution is -2.25. The van der Waals surface area contributed by atoms with E-state index in [0.717, 1.165) is 34.2 Å². The number of amides is 1. The van der Waals surface area contributed by atoms with Crippen molar-refractivity contribution in [2.45, 2.75) is 25.5 Å². The van der Waals surface area contributed by atoms with E-state index in [1.807, 2.05) is 36.4 Å². The second-order valence-corrected chi connectivity index (χ2v) is 8.99. The number of carbonyl (C=O) groups excluding carboxylic acids is 1. The normalized spacial score (nSPS) is 10.8. The van der Waals surface area contributed by atoms with E-state index in [2.05, 4.69) is 41.1 Å². The van der Waals surface area contributed by atoms with Gasteiger partial charge < -0.3 is 9.88 Å². The Morgan fingerprint density at radius 1 is 1.03 bits per heavy atom. The number of imidazole rings is 1. The maximum atomic E-state index is 12.5. The van der Waals surface area contributed by atoms with Crippen LogP contribution in [0.15, 0.2) is 84.0 Å². The lowest BCUT2D eigenvalue weighted by Gasteiger charge is -2.11. The number of hydrogen-bond acceptors (Lipinski definition) is 5. The summed E-state index contributed by atoms with van der Waals surface area (Å²) in [6, 6.07) is 24.9. The van der Waals surface area contributed by atoms with Crippen LogP contribution in [0.1, 0.15) is 22.8 Å². The number of carbonyl (C=O) groups is 1. The van der Waals surface area contributed by atoms with E-state index >= 15 is 0 Å². The number of thioether (sulfide) groups is 1. The first-order valence-corrected chi connectivity index (χ1v) is 12.4. The van der Waals surface area contributed by atoms with E-state index in [4.69, 9.17) is 4.98 Å². The molecule has 1 amide bonds. The molecule has 0 bridgehead atoms. The smallest absolute Gasteiger partial charge is 0.273 e. The van der Waals surface area contributed by atoms with E-state index in [-0.39, 0.29) is 17.2 Å². The van der Waals surface area contributed by atoms with Crippen molar-refractivity contribution in [1.29, 1.82) is 0 Å². The Kier molecular flexibility index (Phi) is 7.62. The van der Waals surface area contributed by atoms with Gasteiger partial charge in [-0.15, -0.1) is 0 Å². The van der Waals surface area contributed by atoms with Gasteiger partial charge in [0.05, 0.1) is 16.3 Å². The molecule has 8 heteroatoms. The van der Waals surface area contributed by atoms with Gasteiger partial charge in [0.2, 0.25) is 0 Å². The summed E-state index contributed by atoms with van der Waals surface area (Å²) < 4.78 is 2.20. The second kappa shape index (κ2) is 11.0. The largest absolute Gasteiger partial charge is 0.351 e. The van der Waals surface area contributed by atoms with Crippen molar-refractivity contribution in [1.82, 2.24) is 14.9 Å². The molecule has 0 aliphatic rings. The highest BCUT2D eigenvalue weighted by Gasteiger charge is 2.20. The minimum absolute atomic E-state index is 0.0566. The van der Waals surface area contributed by atoms with Crippen molar-refractivity contribution >= 4 is 23.4 Å². The number of nitro benzene ring substituents is 1. The van der Waals surface area contributed by atoms with Crippen LogP contribution in [0.4, 0.5) is 5.69 Å². The van der Waals surface area contributed by atoms with Crippen LogP contribution in [0, 0.1) is 17.0 Å². The van der Waals surface area contributed by atoms with E-state index in [1.54, 1.807) is 30.8 Å². The summed E-state index contributed by atoms with van der Waals surface area (Å²) >= 11 is 1.57. The van der Waals surface area contributed by atoms with Gasteiger partial charge in [-0.3, -0.25) is 14.9 Å². The van der Waals surface area contributed by atoms with Gasteiger partial charge in [-0.2, -0.15) is 0 Å². The predicted molar refractivity (Wildman–Crippen MR) is 140 cm³/mol. The Labute approximate surface area is 208 Å². The molecular weight excluding hydrogens is 460 g/mol. The number of aryl methyl sites for hydroxylation is 1. The lowest BCUT2D eigenvalue weighted by molar-refractivity contribution is -0.385. The molecule has 7 nitrogen and oxygen atoms in total. The highest BCUT2D eigenvalue weighted by atomic mass is 32.2. The molecule has 4 aromatic rings. The van der Waals surface area contributed by atoms with Crippen LogP contribution in [0.25, 0.3) is 22.5 Å². The fraction of sp³-hybridized carbons (Fsp3) is 0.185. The molecule has 0 spiro atoms. The maximum Gasteiger partial charge on any atom is 0.273 e. The summed E-state index contributed by atoms with van der Waals surface area (Å²) in [5.41, 5.74) is 4.89. The number of aromatic nitrogens is 2. The minimum atomic E-state index is -0.471. The fourth-order valence-electron chi connectivity index (χ4n) is 3.88. The van der Waals surface area contributed by atoms with Crippen LogP contribution in [0.2, 0.25) is 0 Å². The van der Waals surface area contributed by atoms with Crippen molar-refractivity contribution in [3.05, 3.63) is 100 Å². The summed E-state index contributed by atoms with van der Waals surface area (Å²) in [6.07, 6.45) is 0. The number of nitro groups is 1. The molecule has 0 radical (unpaired) electrons. The van der Waals surface area contributed by atoms with Gasteiger partial charge in [0, 0.05) is 47.2 Å². The topological polar surface area (TPSA) is 90.1 Å². The molecule has 0 aliphatic heterocycles. The molecule has 35 heavy (non-hydrogen) atoms. The summed E-state index contributed by atoms with van der Waals surface area (Å²) in [6.45, 7) is 4.91. The number of nitrogens with one attached hydrogen (secondary N) is 1. The van der Waals surface area contributed by atoms with E-state index in [0.29, 0.717) is 17.9 Å². The molecule has 0 aliphatic carbocycles. The van der Waals surface area contributed by atoms with E-state index < -0.39 is 4.92 Å². The number of rotatable bonds is 9. The average molecular weight is 487 g/mol. The molecule has 0 saturated heterocycles. The summed E-state index contributed by atoms with van der Waals surface area (Å²) in [5.74, 6) is 0.279.